The van der Waals surface area contributed by atoms with Gasteiger partial charge in [-0.25, -0.2) is 13.4 Å². The van der Waals surface area contributed by atoms with E-state index in [0.717, 1.165) is 16.8 Å². The van der Waals surface area contributed by atoms with Gasteiger partial charge in [-0.3, -0.25) is 0 Å². The highest BCUT2D eigenvalue weighted by molar-refractivity contribution is 7.92. The third kappa shape index (κ3) is 3.44. The van der Waals surface area contributed by atoms with Crippen LogP contribution in [0.3, 0.4) is 0 Å². The van der Waals surface area contributed by atoms with E-state index in [9.17, 15) is 8.42 Å². The molecule has 0 saturated carbocycles. The van der Waals surface area contributed by atoms with Crippen LogP contribution < -0.4 is 10.6 Å². The summed E-state index contributed by atoms with van der Waals surface area (Å²) in [6, 6.07) is 1.94. The number of fused-ring (bicyclic) bond motifs is 1. The molecule has 2 rings (SSSR count). The summed E-state index contributed by atoms with van der Waals surface area (Å²) in [6.07, 6.45) is 1.25. The lowest BCUT2D eigenvalue weighted by Crippen LogP contribution is -2.38. The predicted octanol–water partition coefficient (Wildman–Crippen LogP) is 2.36. The lowest BCUT2D eigenvalue weighted by Gasteiger charge is -2.23. The zero-order valence-electron chi connectivity index (χ0n) is 12.6. The van der Waals surface area contributed by atoms with Gasteiger partial charge in [-0.05, 0) is 32.2 Å². The fourth-order valence-electron chi connectivity index (χ4n) is 1.65. The first-order valence-electron chi connectivity index (χ1n) is 6.67. The van der Waals surface area contributed by atoms with Gasteiger partial charge in [0.05, 0.1) is 10.1 Å². The molecule has 21 heavy (non-hydrogen) atoms. The summed E-state index contributed by atoms with van der Waals surface area (Å²) in [6.45, 7) is 6.39. The van der Waals surface area contributed by atoms with Gasteiger partial charge in [0, 0.05) is 19.3 Å². The van der Waals surface area contributed by atoms with E-state index < -0.39 is 14.6 Å². The second-order valence-electron chi connectivity index (χ2n) is 5.45. The van der Waals surface area contributed by atoms with Crippen molar-refractivity contribution in [3.8, 4) is 0 Å². The lowest BCUT2D eigenvalue weighted by molar-refractivity contribution is 0.559. The molecule has 116 valence electrons. The number of nitrogens with zero attached hydrogens (tertiary/aromatic N) is 2. The van der Waals surface area contributed by atoms with Crippen LogP contribution in [0.25, 0.3) is 10.2 Å². The molecule has 2 aromatic rings. The van der Waals surface area contributed by atoms with E-state index >= 15 is 0 Å². The summed E-state index contributed by atoms with van der Waals surface area (Å²) in [5, 5.41) is 9.09. The van der Waals surface area contributed by atoms with Crippen LogP contribution in [0.1, 0.15) is 20.8 Å². The number of hydrogen-bond acceptors (Lipinski definition) is 7. The monoisotopic (exact) mass is 328 g/mol. The molecule has 2 heterocycles. The molecule has 2 N–H and O–H groups in total. The van der Waals surface area contributed by atoms with E-state index in [0.29, 0.717) is 18.3 Å². The van der Waals surface area contributed by atoms with Crippen molar-refractivity contribution in [1.29, 1.82) is 0 Å². The maximum atomic E-state index is 11.8. The minimum atomic E-state index is -3.15. The van der Waals surface area contributed by atoms with E-state index in [1.807, 2.05) is 18.4 Å². The van der Waals surface area contributed by atoms with Gasteiger partial charge in [-0.1, -0.05) is 0 Å². The summed E-state index contributed by atoms with van der Waals surface area (Å²) in [7, 11) is -3.15. The highest BCUT2D eigenvalue weighted by Crippen LogP contribution is 2.27. The van der Waals surface area contributed by atoms with Crippen LogP contribution in [0.15, 0.2) is 11.4 Å². The number of rotatable bonds is 6. The number of thiophene rings is 1. The van der Waals surface area contributed by atoms with Gasteiger partial charge in [0.2, 0.25) is 5.95 Å². The number of anilines is 2. The van der Waals surface area contributed by atoms with Crippen LogP contribution in [-0.4, -0.2) is 42.5 Å². The molecule has 0 radical (unpaired) electrons. The maximum absolute atomic E-state index is 11.8. The molecule has 0 amide bonds. The second-order valence-corrected chi connectivity index (χ2v) is 9.00. The Hall–Kier alpha value is -1.41. The van der Waals surface area contributed by atoms with E-state index in [2.05, 4.69) is 20.6 Å². The average molecular weight is 328 g/mol. The van der Waals surface area contributed by atoms with Crippen molar-refractivity contribution in [2.45, 2.75) is 25.5 Å². The first-order valence-corrected chi connectivity index (χ1v) is 9.44. The summed E-state index contributed by atoms with van der Waals surface area (Å²) < 4.78 is 22.7. The van der Waals surface area contributed by atoms with Crippen molar-refractivity contribution in [3.05, 3.63) is 11.4 Å². The standard InChI is InChI=1S/C13H20N4O2S2/c1-5-14-12-16-10(9-6-7-20-11(9)17-12)15-8-13(2,3)21(4,18)19/h6-7H,5,8H2,1-4H3,(H2,14,15,16,17). The number of hydrogen-bond donors (Lipinski definition) is 2. The highest BCUT2D eigenvalue weighted by atomic mass is 32.2. The van der Waals surface area contributed by atoms with Crippen molar-refractivity contribution in [2.24, 2.45) is 0 Å². The van der Waals surface area contributed by atoms with Crippen molar-refractivity contribution in [2.75, 3.05) is 30.0 Å². The largest absolute Gasteiger partial charge is 0.368 e. The molecule has 8 heteroatoms. The summed E-state index contributed by atoms with van der Waals surface area (Å²) in [5.74, 6) is 1.21. The second kappa shape index (κ2) is 5.76. The Morgan fingerprint density at radius 2 is 2.00 bits per heavy atom. The molecule has 0 unspecified atom stereocenters. The molecule has 6 nitrogen and oxygen atoms in total. The molecule has 0 aliphatic heterocycles. The molecule has 0 spiro atoms. The summed E-state index contributed by atoms with van der Waals surface area (Å²) >= 11 is 1.53. The first-order chi connectivity index (χ1) is 9.74. The molecule has 0 fully saturated rings. The van der Waals surface area contributed by atoms with Gasteiger partial charge in [0.25, 0.3) is 0 Å². The minimum Gasteiger partial charge on any atom is -0.368 e. The van der Waals surface area contributed by atoms with E-state index in [1.165, 1.54) is 17.6 Å². The quantitative estimate of drug-likeness (QED) is 0.847. The predicted molar refractivity (Wildman–Crippen MR) is 89.0 cm³/mol. The zero-order chi connectivity index (χ0) is 15.7. The molecule has 0 aliphatic rings. The third-order valence-corrected chi connectivity index (χ3v) is 6.30. The lowest BCUT2D eigenvalue weighted by atomic mass is 10.2. The number of nitrogens with one attached hydrogen (secondary N) is 2. The molecule has 0 saturated heterocycles. The maximum Gasteiger partial charge on any atom is 0.226 e. The third-order valence-electron chi connectivity index (χ3n) is 3.35. The highest BCUT2D eigenvalue weighted by Gasteiger charge is 2.30. The van der Waals surface area contributed by atoms with Crippen molar-refractivity contribution >= 4 is 43.2 Å². The minimum absolute atomic E-state index is 0.291. The molecule has 0 aliphatic carbocycles. The van der Waals surface area contributed by atoms with Crippen LogP contribution in [0.2, 0.25) is 0 Å². The van der Waals surface area contributed by atoms with E-state index in [-0.39, 0.29) is 0 Å². The summed E-state index contributed by atoms with van der Waals surface area (Å²) in [4.78, 5) is 9.72. The van der Waals surface area contributed by atoms with Crippen molar-refractivity contribution in [1.82, 2.24) is 9.97 Å². The van der Waals surface area contributed by atoms with Gasteiger partial charge in [0.1, 0.15) is 10.6 Å². The number of aromatic nitrogens is 2. The Morgan fingerprint density at radius 1 is 1.29 bits per heavy atom. The normalized spacial score (nSPS) is 12.6. The van der Waals surface area contributed by atoms with Gasteiger partial charge in [-0.2, -0.15) is 4.98 Å². The van der Waals surface area contributed by atoms with Crippen molar-refractivity contribution in [3.63, 3.8) is 0 Å². The van der Waals surface area contributed by atoms with Crippen LogP contribution in [0.5, 0.6) is 0 Å². The Kier molecular flexibility index (Phi) is 4.38. The van der Waals surface area contributed by atoms with Crippen LogP contribution in [0, 0.1) is 0 Å². The fourth-order valence-corrected chi connectivity index (χ4v) is 2.75. The van der Waals surface area contributed by atoms with Gasteiger partial charge in [-0.15, -0.1) is 11.3 Å². The molecular formula is C13H20N4O2S2. The van der Waals surface area contributed by atoms with Gasteiger partial charge in [0.15, 0.2) is 9.84 Å². The fraction of sp³-hybridized carbons (Fsp3) is 0.538. The molecule has 2 aromatic heterocycles. The van der Waals surface area contributed by atoms with Gasteiger partial charge < -0.3 is 10.6 Å². The Morgan fingerprint density at radius 3 is 2.62 bits per heavy atom. The van der Waals surface area contributed by atoms with Crippen LogP contribution >= 0.6 is 11.3 Å². The SMILES string of the molecule is CCNc1nc(NCC(C)(C)S(C)(=O)=O)c2ccsc2n1. The topological polar surface area (TPSA) is 84.0 Å². The van der Waals surface area contributed by atoms with E-state index in [4.69, 9.17) is 0 Å². The van der Waals surface area contributed by atoms with E-state index in [1.54, 1.807) is 13.8 Å². The smallest absolute Gasteiger partial charge is 0.226 e. The Labute approximate surface area is 128 Å². The first kappa shape index (κ1) is 16.0. The summed E-state index contributed by atoms with van der Waals surface area (Å²) in [5.41, 5.74) is 0. The van der Waals surface area contributed by atoms with Crippen LogP contribution in [0.4, 0.5) is 11.8 Å². The molecular weight excluding hydrogens is 308 g/mol. The van der Waals surface area contributed by atoms with Crippen molar-refractivity contribution < 1.29 is 8.42 Å². The number of sulfone groups is 1. The Bertz CT molecular complexity index is 738. The average Bonchev–Trinajstić information content (AvgIpc) is 2.83. The van der Waals surface area contributed by atoms with Crippen LogP contribution in [-0.2, 0) is 9.84 Å². The molecule has 0 aromatic carbocycles. The zero-order valence-corrected chi connectivity index (χ0v) is 14.2. The Balaban J connectivity index is 2.31. The molecule has 0 bridgehead atoms. The molecule has 0 atom stereocenters. The van der Waals surface area contributed by atoms with Gasteiger partial charge >= 0.3 is 0 Å².